The molecule has 0 saturated carbocycles. The normalized spacial score (nSPS) is 13.7. The molecule has 1 heterocycles. The highest BCUT2D eigenvalue weighted by Gasteiger charge is 2.15. The van der Waals surface area contributed by atoms with Gasteiger partial charge in [0.2, 0.25) is 12.7 Å². The highest BCUT2D eigenvalue weighted by atomic mass is 16.7. The summed E-state index contributed by atoms with van der Waals surface area (Å²) in [6, 6.07) is 5.25. The van der Waals surface area contributed by atoms with Crippen LogP contribution in [0, 0.1) is 0 Å². The zero-order chi connectivity index (χ0) is 16.8. The zero-order valence-electron chi connectivity index (χ0n) is 13.7. The Morgan fingerprint density at radius 2 is 2.04 bits per heavy atom. The molecule has 0 bridgehead atoms. The van der Waals surface area contributed by atoms with Crippen molar-refractivity contribution in [2.45, 2.75) is 32.9 Å². The van der Waals surface area contributed by atoms with Crippen LogP contribution in [0.15, 0.2) is 18.2 Å². The van der Waals surface area contributed by atoms with Crippen LogP contribution in [0.4, 0.5) is 4.79 Å². The van der Waals surface area contributed by atoms with E-state index in [1.165, 1.54) is 0 Å². The van der Waals surface area contributed by atoms with Gasteiger partial charge in [0, 0.05) is 12.6 Å². The van der Waals surface area contributed by atoms with Crippen LogP contribution in [-0.2, 0) is 11.3 Å². The number of rotatable bonds is 6. The van der Waals surface area contributed by atoms with Crippen LogP contribution in [0.3, 0.4) is 0 Å². The van der Waals surface area contributed by atoms with Gasteiger partial charge in [-0.2, -0.15) is 0 Å². The number of fused-ring (bicyclic) bond motifs is 1. The Kier molecular flexibility index (Phi) is 5.81. The molecule has 3 amide bonds. The number of benzene rings is 1. The van der Waals surface area contributed by atoms with E-state index in [1.807, 2.05) is 44.0 Å². The second-order valence-electron chi connectivity index (χ2n) is 5.69. The van der Waals surface area contributed by atoms with E-state index in [4.69, 9.17) is 9.47 Å². The molecule has 1 aliphatic rings. The lowest BCUT2D eigenvalue weighted by Gasteiger charge is -2.17. The third kappa shape index (κ3) is 5.14. The molecule has 23 heavy (non-hydrogen) atoms. The first-order valence-corrected chi connectivity index (χ1v) is 7.65. The lowest BCUT2D eigenvalue weighted by atomic mass is 10.2. The van der Waals surface area contributed by atoms with Gasteiger partial charge in [-0.25, -0.2) is 4.79 Å². The Hall–Kier alpha value is -2.28. The van der Waals surface area contributed by atoms with Crippen molar-refractivity contribution < 1.29 is 19.1 Å². The third-order valence-corrected chi connectivity index (χ3v) is 3.55. The molecule has 7 nitrogen and oxygen atoms in total. The Morgan fingerprint density at radius 3 is 2.78 bits per heavy atom. The van der Waals surface area contributed by atoms with E-state index in [2.05, 4.69) is 10.6 Å². The van der Waals surface area contributed by atoms with Gasteiger partial charge in [0.15, 0.2) is 11.5 Å². The monoisotopic (exact) mass is 321 g/mol. The van der Waals surface area contributed by atoms with Gasteiger partial charge in [0.25, 0.3) is 0 Å². The summed E-state index contributed by atoms with van der Waals surface area (Å²) < 4.78 is 10.6. The summed E-state index contributed by atoms with van der Waals surface area (Å²) in [4.78, 5) is 25.3. The number of amides is 3. The fourth-order valence-corrected chi connectivity index (χ4v) is 2.18. The van der Waals surface area contributed by atoms with Gasteiger partial charge in [-0.3, -0.25) is 15.0 Å². The maximum atomic E-state index is 11.9. The molecule has 0 unspecified atom stereocenters. The number of nitrogens with zero attached hydrogens (tertiary/aromatic N) is 1. The fraction of sp³-hybridized carbons (Fsp3) is 0.500. The van der Waals surface area contributed by atoms with Crippen molar-refractivity contribution in [1.82, 2.24) is 15.5 Å². The maximum absolute atomic E-state index is 11.9. The van der Waals surface area contributed by atoms with Gasteiger partial charge >= 0.3 is 6.03 Å². The average Bonchev–Trinajstić information content (AvgIpc) is 2.93. The number of hydrogen-bond acceptors (Lipinski definition) is 5. The SMILES string of the molecule is CC[C@@H](C)NC(=O)NC(=O)CN(C)Cc1ccc2c(c1)OCO2. The molecule has 1 aromatic carbocycles. The second kappa shape index (κ2) is 7.82. The summed E-state index contributed by atoms with van der Waals surface area (Å²) in [5.74, 6) is 1.11. The van der Waals surface area contributed by atoms with Crippen molar-refractivity contribution in [3.63, 3.8) is 0 Å². The molecule has 1 aromatic rings. The Bertz CT molecular complexity index is 576. The number of imide groups is 1. The van der Waals surface area contributed by atoms with Crippen molar-refractivity contribution in [1.29, 1.82) is 0 Å². The highest BCUT2D eigenvalue weighted by molar-refractivity contribution is 5.95. The van der Waals surface area contributed by atoms with E-state index in [9.17, 15) is 9.59 Å². The van der Waals surface area contributed by atoms with Crippen molar-refractivity contribution >= 4 is 11.9 Å². The largest absolute Gasteiger partial charge is 0.454 e. The predicted octanol–water partition coefficient (Wildman–Crippen LogP) is 1.47. The van der Waals surface area contributed by atoms with Crippen LogP contribution in [-0.4, -0.2) is 43.3 Å². The van der Waals surface area contributed by atoms with Gasteiger partial charge in [-0.05, 0) is 38.1 Å². The standard InChI is InChI=1S/C16H23N3O4/c1-4-11(2)17-16(21)18-15(20)9-19(3)8-12-5-6-13-14(7-12)23-10-22-13/h5-7,11H,4,8-10H2,1-3H3,(H2,17,18,20,21)/t11-/m1/s1. The molecule has 2 rings (SSSR count). The Labute approximate surface area is 135 Å². The zero-order valence-corrected chi connectivity index (χ0v) is 13.7. The summed E-state index contributed by atoms with van der Waals surface area (Å²) in [7, 11) is 1.82. The molecule has 0 saturated heterocycles. The van der Waals surface area contributed by atoms with Crippen LogP contribution in [0.1, 0.15) is 25.8 Å². The van der Waals surface area contributed by atoms with E-state index in [1.54, 1.807) is 0 Å². The van der Waals surface area contributed by atoms with Crippen molar-refractivity contribution in [3.8, 4) is 11.5 Å². The minimum absolute atomic E-state index is 0.0363. The van der Waals surface area contributed by atoms with Gasteiger partial charge in [-0.15, -0.1) is 0 Å². The van der Waals surface area contributed by atoms with Gasteiger partial charge < -0.3 is 14.8 Å². The van der Waals surface area contributed by atoms with Crippen molar-refractivity contribution in [3.05, 3.63) is 23.8 Å². The molecule has 7 heteroatoms. The van der Waals surface area contributed by atoms with E-state index in [0.717, 1.165) is 17.7 Å². The van der Waals surface area contributed by atoms with Gasteiger partial charge in [-0.1, -0.05) is 13.0 Å². The Morgan fingerprint density at radius 1 is 1.30 bits per heavy atom. The lowest BCUT2D eigenvalue weighted by molar-refractivity contribution is -0.120. The van der Waals surface area contributed by atoms with Crippen molar-refractivity contribution in [2.24, 2.45) is 0 Å². The summed E-state index contributed by atoms with van der Waals surface area (Å²) >= 11 is 0. The summed E-state index contributed by atoms with van der Waals surface area (Å²) in [5.41, 5.74) is 1.01. The molecule has 1 aliphatic heterocycles. The predicted molar refractivity (Wildman–Crippen MR) is 85.3 cm³/mol. The average molecular weight is 321 g/mol. The first-order valence-electron chi connectivity index (χ1n) is 7.65. The number of likely N-dealkylation sites (N-methyl/N-ethyl adjacent to an activating group) is 1. The number of hydrogen-bond donors (Lipinski definition) is 2. The number of urea groups is 1. The summed E-state index contributed by atoms with van der Waals surface area (Å²) in [6.45, 7) is 4.78. The van der Waals surface area contributed by atoms with E-state index >= 15 is 0 Å². The molecular formula is C16H23N3O4. The molecule has 0 aliphatic carbocycles. The first-order chi connectivity index (χ1) is 11.0. The quantitative estimate of drug-likeness (QED) is 0.829. The van der Waals surface area contributed by atoms with Gasteiger partial charge in [0.1, 0.15) is 0 Å². The minimum Gasteiger partial charge on any atom is -0.454 e. The van der Waals surface area contributed by atoms with Crippen molar-refractivity contribution in [2.75, 3.05) is 20.4 Å². The number of carbonyl (C=O) groups excluding carboxylic acids is 2. The van der Waals surface area contributed by atoms with Crippen LogP contribution in [0.25, 0.3) is 0 Å². The minimum atomic E-state index is -0.458. The van der Waals surface area contributed by atoms with Crippen LogP contribution in [0.5, 0.6) is 11.5 Å². The third-order valence-electron chi connectivity index (χ3n) is 3.55. The Balaban J connectivity index is 1.79. The van der Waals surface area contributed by atoms with Crippen LogP contribution < -0.4 is 20.1 Å². The number of nitrogens with one attached hydrogen (secondary N) is 2. The lowest BCUT2D eigenvalue weighted by Crippen LogP contribution is -2.46. The first kappa shape index (κ1) is 17.1. The number of ether oxygens (including phenoxy) is 2. The van der Waals surface area contributed by atoms with Crippen LogP contribution >= 0.6 is 0 Å². The molecule has 126 valence electrons. The highest BCUT2D eigenvalue weighted by Crippen LogP contribution is 2.32. The molecule has 0 spiro atoms. The molecule has 1 atom stereocenters. The summed E-state index contributed by atoms with van der Waals surface area (Å²) in [5, 5.41) is 5.02. The van der Waals surface area contributed by atoms with E-state index in [0.29, 0.717) is 12.3 Å². The second-order valence-corrected chi connectivity index (χ2v) is 5.69. The smallest absolute Gasteiger partial charge is 0.321 e. The molecule has 2 N–H and O–H groups in total. The van der Waals surface area contributed by atoms with E-state index in [-0.39, 0.29) is 25.3 Å². The topological polar surface area (TPSA) is 79.9 Å². The molecule has 0 radical (unpaired) electrons. The molecule has 0 aromatic heterocycles. The molecular weight excluding hydrogens is 298 g/mol. The summed E-state index contributed by atoms with van der Waals surface area (Å²) in [6.07, 6.45) is 0.811. The van der Waals surface area contributed by atoms with Crippen LogP contribution in [0.2, 0.25) is 0 Å². The van der Waals surface area contributed by atoms with Gasteiger partial charge in [0.05, 0.1) is 6.54 Å². The fourth-order valence-electron chi connectivity index (χ4n) is 2.18. The number of carbonyl (C=O) groups is 2. The maximum Gasteiger partial charge on any atom is 0.321 e. The molecule has 0 fully saturated rings. The van der Waals surface area contributed by atoms with E-state index < -0.39 is 6.03 Å².